The number of pyridine rings is 1. The van der Waals surface area contributed by atoms with Crippen molar-refractivity contribution >= 4 is 5.78 Å². The summed E-state index contributed by atoms with van der Waals surface area (Å²) >= 11 is 0. The number of hydrogen-bond acceptors (Lipinski definition) is 5. The van der Waals surface area contributed by atoms with Gasteiger partial charge in [-0.1, -0.05) is 6.07 Å². The maximum atomic E-state index is 13.4. The van der Waals surface area contributed by atoms with Crippen LogP contribution in [0.3, 0.4) is 0 Å². The third-order valence-electron chi connectivity index (χ3n) is 3.99. The van der Waals surface area contributed by atoms with Crippen molar-refractivity contribution in [1.29, 1.82) is 0 Å². The highest BCUT2D eigenvalue weighted by Gasteiger charge is 2.10. The van der Waals surface area contributed by atoms with Gasteiger partial charge in [-0.15, -0.1) is 0 Å². The van der Waals surface area contributed by atoms with Gasteiger partial charge < -0.3 is 9.84 Å². The number of fused-ring (bicyclic) bond motifs is 1. The molecule has 1 N–H and O–H groups in total. The molecule has 0 spiro atoms. The van der Waals surface area contributed by atoms with E-state index in [2.05, 4.69) is 15.0 Å². The van der Waals surface area contributed by atoms with Crippen LogP contribution in [0.4, 0.5) is 8.78 Å². The molecule has 3 heterocycles. The van der Waals surface area contributed by atoms with Gasteiger partial charge in [0.2, 0.25) is 11.7 Å². The SMILES string of the molecule is OCc1cc(F)ccc1-c1cnc2nc(COc3ccnc(F)c3)cn2c1. The molecule has 0 atom stereocenters. The van der Waals surface area contributed by atoms with E-state index in [4.69, 9.17) is 4.74 Å². The highest BCUT2D eigenvalue weighted by atomic mass is 19.1. The maximum absolute atomic E-state index is 13.4. The number of imidazole rings is 1. The zero-order valence-corrected chi connectivity index (χ0v) is 14.0. The molecule has 0 bridgehead atoms. The van der Waals surface area contributed by atoms with Gasteiger partial charge in [-0.05, 0) is 29.3 Å². The molecule has 8 heteroatoms. The van der Waals surface area contributed by atoms with E-state index >= 15 is 0 Å². The Morgan fingerprint density at radius 2 is 1.96 bits per heavy atom. The monoisotopic (exact) mass is 368 g/mol. The average molecular weight is 368 g/mol. The van der Waals surface area contributed by atoms with Gasteiger partial charge in [0, 0.05) is 36.4 Å². The second-order valence-electron chi connectivity index (χ2n) is 5.84. The first-order valence-corrected chi connectivity index (χ1v) is 8.10. The zero-order chi connectivity index (χ0) is 18.8. The number of hydrogen-bond donors (Lipinski definition) is 1. The molecule has 0 aliphatic carbocycles. The number of nitrogens with zero attached hydrogens (tertiary/aromatic N) is 4. The van der Waals surface area contributed by atoms with E-state index in [-0.39, 0.29) is 13.2 Å². The van der Waals surface area contributed by atoms with Crippen molar-refractivity contribution in [2.45, 2.75) is 13.2 Å². The van der Waals surface area contributed by atoms with Crippen molar-refractivity contribution in [3.05, 3.63) is 78.1 Å². The van der Waals surface area contributed by atoms with Crippen molar-refractivity contribution in [2.24, 2.45) is 0 Å². The first-order valence-electron chi connectivity index (χ1n) is 8.10. The molecule has 3 aromatic heterocycles. The van der Waals surface area contributed by atoms with Crippen LogP contribution in [0.2, 0.25) is 0 Å². The summed E-state index contributed by atoms with van der Waals surface area (Å²) in [6.07, 6.45) is 6.46. The van der Waals surface area contributed by atoms with Gasteiger partial charge in [0.05, 0.1) is 12.3 Å². The summed E-state index contributed by atoms with van der Waals surface area (Å²) in [5, 5.41) is 9.47. The first kappa shape index (κ1) is 17.0. The fourth-order valence-electron chi connectivity index (χ4n) is 2.75. The van der Waals surface area contributed by atoms with E-state index in [0.29, 0.717) is 33.9 Å². The summed E-state index contributed by atoms with van der Waals surface area (Å²) in [6, 6.07) is 6.97. The number of aliphatic hydroxyl groups is 1. The Morgan fingerprint density at radius 3 is 2.78 bits per heavy atom. The maximum Gasteiger partial charge on any atom is 0.234 e. The first-order chi connectivity index (χ1) is 13.1. The number of aromatic nitrogens is 4. The molecule has 0 aliphatic rings. The fourth-order valence-corrected chi connectivity index (χ4v) is 2.75. The third-order valence-corrected chi connectivity index (χ3v) is 3.99. The topological polar surface area (TPSA) is 72.5 Å². The van der Waals surface area contributed by atoms with E-state index in [0.717, 1.165) is 0 Å². The van der Waals surface area contributed by atoms with E-state index < -0.39 is 11.8 Å². The molecular weight excluding hydrogens is 354 g/mol. The molecule has 0 fully saturated rings. The minimum absolute atomic E-state index is 0.139. The van der Waals surface area contributed by atoms with Crippen molar-refractivity contribution in [1.82, 2.24) is 19.4 Å². The lowest BCUT2D eigenvalue weighted by Gasteiger charge is -2.07. The van der Waals surface area contributed by atoms with Crippen LogP contribution < -0.4 is 4.74 Å². The highest BCUT2D eigenvalue weighted by Crippen LogP contribution is 2.24. The van der Waals surface area contributed by atoms with E-state index in [1.807, 2.05) is 0 Å². The van der Waals surface area contributed by atoms with Gasteiger partial charge in [0.1, 0.15) is 18.2 Å². The normalized spacial score (nSPS) is 11.1. The molecule has 1 aromatic carbocycles. The molecule has 27 heavy (non-hydrogen) atoms. The van der Waals surface area contributed by atoms with Crippen LogP contribution in [0.1, 0.15) is 11.3 Å². The lowest BCUT2D eigenvalue weighted by molar-refractivity contribution is 0.282. The van der Waals surface area contributed by atoms with E-state index in [9.17, 15) is 13.9 Å². The van der Waals surface area contributed by atoms with Crippen molar-refractivity contribution < 1.29 is 18.6 Å². The molecule has 136 valence electrons. The van der Waals surface area contributed by atoms with Crippen LogP contribution >= 0.6 is 0 Å². The van der Waals surface area contributed by atoms with Gasteiger partial charge in [-0.2, -0.15) is 4.39 Å². The molecular formula is C19H14F2N4O2. The second kappa shape index (κ2) is 7.08. The Kier molecular flexibility index (Phi) is 4.47. The van der Waals surface area contributed by atoms with Gasteiger partial charge in [0.15, 0.2) is 0 Å². The summed E-state index contributed by atoms with van der Waals surface area (Å²) in [5.41, 5.74) is 2.48. The predicted molar refractivity (Wildman–Crippen MR) is 92.8 cm³/mol. The number of ether oxygens (including phenoxy) is 1. The Bertz CT molecular complexity index is 1110. The molecule has 6 nitrogen and oxygen atoms in total. The lowest BCUT2D eigenvalue weighted by Crippen LogP contribution is -1.96. The van der Waals surface area contributed by atoms with Gasteiger partial charge in [0.25, 0.3) is 0 Å². The fraction of sp³-hybridized carbons (Fsp3) is 0.105. The Balaban J connectivity index is 1.60. The zero-order valence-electron chi connectivity index (χ0n) is 14.0. The highest BCUT2D eigenvalue weighted by molar-refractivity contribution is 5.66. The lowest BCUT2D eigenvalue weighted by atomic mass is 10.0. The molecule has 0 saturated carbocycles. The number of rotatable bonds is 5. The van der Waals surface area contributed by atoms with Crippen LogP contribution in [0.15, 0.2) is 55.1 Å². The van der Waals surface area contributed by atoms with Crippen LogP contribution in [-0.4, -0.2) is 24.5 Å². The van der Waals surface area contributed by atoms with Gasteiger partial charge in [-0.3, -0.25) is 4.40 Å². The summed E-state index contributed by atoms with van der Waals surface area (Å²) in [4.78, 5) is 12.1. The van der Waals surface area contributed by atoms with Gasteiger partial charge in [-0.25, -0.2) is 19.3 Å². The van der Waals surface area contributed by atoms with Crippen LogP contribution in [-0.2, 0) is 13.2 Å². The van der Waals surface area contributed by atoms with Crippen molar-refractivity contribution in [3.8, 4) is 16.9 Å². The quantitative estimate of drug-likeness (QED) is 0.548. The van der Waals surface area contributed by atoms with Crippen molar-refractivity contribution in [3.63, 3.8) is 0 Å². The summed E-state index contributed by atoms with van der Waals surface area (Å²) in [5.74, 6) is -0.211. The van der Waals surface area contributed by atoms with Crippen molar-refractivity contribution in [2.75, 3.05) is 0 Å². The number of aliphatic hydroxyl groups excluding tert-OH is 1. The smallest absolute Gasteiger partial charge is 0.234 e. The second-order valence-corrected chi connectivity index (χ2v) is 5.84. The molecule has 4 aromatic rings. The van der Waals surface area contributed by atoms with E-state index in [1.54, 1.807) is 35.1 Å². The van der Waals surface area contributed by atoms with E-state index in [1.165, 1.54) is 24.4 Å². The van der Waals surface area contributed by atoms with Crippen LogP contribution in [0.5, 0.6) is 5.75 Å². The minimum Gasteiger partial charge on any atom is -0.487 e. The molecule has 0 amide bonds. The Hall–Kier alpha value is -3.39. The minimum atomic E-state index is -0.618. The van der Waals surface area contributed by atoms with Crippen LogP contribution in [0, 0.1) is 11.8 Å². The average Bonchev–Trinajstić information content (AvgIpc) is 3.08. The molecule has 0 unspecified atom stereocenters. The predicted octanol–water partition coefficient (Wildman–Crippen LogP) is 3.14. The molecule has 4 rings (SSSR count). The van der Waals surface area contributed by atoms with Gasteiger partial charge >= 0.3 is 0 Å². The Morgan fingerprint density at radius 1 is 1.07 bits per heavy atom. The third kappa shape index (κ3) is 3.61. The summed E-state index contributed by atoms with van der Waals surface area (Å²) in [6.45, 7) is -0.142. The van der Waals surface area contributed by atoms with Crippen LogP contribution in [0.25, 0.3) is 16.9 Å². The largest absolute Gasteiger partial charge is 0.487 e. The summed E-state index contributed by atoms with van der Waals surface area (Å²) in [7, 11) is 0. The molecule has 0 saturated heterocycles. The summed E-state index contributed by atoms with van der Waals surface area (Å²) < 4.78 is 33.7. The number of benzene rings is 1. The molecule has 0 radical (unpaired) electrons. The Labute approximate surface area is 152 Å². The standard InChI is InChI=1S/C19H14F2N4O2/c20-14-1-2-17(12(5-14)10-26)13-7-23-19-24-15(9-25(19)8-13)11-27-16-3-4-22-18(21)6-16/h1-9,26H,10-11H2. The number of halogens is 2. The molecule has 0 aliphatic heterocycles.